The average Bonchev–Trinajstić information content (AvgIpc) is 2.75. The van der Waals surface area contributed by atoms with E-state index in [1.54, 1.807) is 23.0 Å². The van der Waals surface area contributed by atoms with E-state index >= 15 is 0 Å². The van der Waals surface area contributed by atoms with Crippen molar-refractivity contribution in [1.82, 2.24) is 9.78 Å². The van der Waals surface area contributed by atoms with E-state index < -0.39 is 0 Å². The second-order valence-electron chi connectivity index (χ2n) is 3.21. The monoisotopic (exact) mass is 342 g/mol. The van der Waals surface area contributed by atoms with Gasteiger partial charge in [0.2, 0.25) is 0 Å². The Hall–Kier alpha value is -0.940. The molecule has 82 valence electrons. The lowest BCUT2D eigenvalue weighted by molar-refractivity contribution is 0.102. The van der Waals surface area contributed by atoms with Crippen molar-refractivity contribution in [2.75, 3.05) is 5.33 Å². The number of benzene rings is 1. The van der Waals surface area contributed by atoms with Gasteiger partial charge in [-0.1, -0.05) is 15.9 Å². The molecule has 0 fully saturated rings. The molecule has 0 aliphatic heterocycles. The first-order valence-electron chi connectivity index (χ1n) is 4.60. The number of carbonyl (C=O) groups is 1. The molecule has 2 aromatic rings. The fourth-order valence-electron chi connectivity index (χ4n) is 1.32. The number of carbonyl (C=O) groups excluding carboxylic acids is 1. The number of hydrogen-bond donors (Lipinski definition) is 0. The van der Waals surface area contributed by atoms with E-state index in [1.165, 1.54) is 0 Å². The van der Waals surface area contributed by atoms with E-state index in [4.69, 9.17) is 0 Å². The Labute approximate surface area is 110 Å². The molecule has 0 bridgehead atoms. The third-order valence-electron chi connectivity index (χ3n) is 2.13. The largest absolute Gasteiger partial charge is 0.293 e. The summed E-state index contributed by atoms with van der Waals surface area (Å²) >= 11 is 6.48. The maximum atomic E-state index is 11.4. The highest BCUT2D eigenvalue weighted by molar-refractivity contribution is 9.10. The van der Waals surface area contributed by atoms with Gasteiger partial charge in [0.1, 0.15) is 0 Å². The molecule has 2 rings (SSSR count). The first kappa shape index (κ1) is 11.5. The number of alkyl halides is 1. The van der Waals surface area contributed by atoms with Gasteiger partial charge in [-0.25, -0.2) is 4.68 Å². The standard InChI is InChI=1S/C11H8Br2N2O/c12-5-11(16)8-1-3-10(4-2-8)15-7-9(13)6-14-15/h1-4,6-7H,5H2. The summed E-state index contributed by atoms with van der Waals surface area (Å²) in [5.41, 5.74) is 1.63. The van der Waals surface area contributed by atoms with Crippen molar-refractivity contribution in [2.45, 2.75) is 0 Å². The molecule has 0 amide bonds. The van der Waals surface area contributed by atoms with Gasteiger partial charge in [0.05, 0.1) is 21.7 Å². The van der Waals surface area contributed by atoms with Crippen LogP contribution in [-0.4, -0.2) is 20.9 Å². The molecule has 0 radical (unpaired) electrons. The second-order valence-corrected chi connectivity index (χ2v) is 4.68. The van der Waals surface area contributed by atoms with Crippen LogP contribution in [0.5, 0.6) is 0 Å². The number of ketones is 1. The summed E-state index contributed by atoms with van der Waals surface area (Å²) in [6.45, 7) is 0. The van der Waals surface area contributed by atoms with E-state index in [0.717, 1.165) is 10.2 Å². The minimum absolute atomic E-state index is 0.0770. The van der Waals surface area contributed by atoms with Gasteiger partial charge in [0, 0.05) is 11.8 Å². The lowest BCUT2D eigenvalue weighted by Gasteiger charge is -2.02. The zero-order valence-corrected chi connectivity index (χ0v) is 11.4. The zero-order chi connectivity index (χ0) is 11.5. The quantitative estimate of drug-likeness (QED) is 0.633. The topological polar surface area (TPSA) is 34.9 Å². The Bertz CT molecular complexity index is 505. The van der Waals surface area contributed by atoms with Crippen LogP contribution in [0.2, 0.25) is 0 Å². The SMILES string of the molecule is O=C(CBr)c1ccc(-n2cc(Br)cn2)cc1. The molecule has 1 aromatic carbocycles. The predicted molar refractivity (Wildman–Crippen MR) is 69.4 cm³/mol. The second kappa shape index (κ2) is 4.93. The molecule has 0 aliphatic carbocycles. The summed E-state index contributed by atoms with van der Waals surface area (Å²) in [5.74, 6) is 0.0770. The molecule has 1 heterocycles. The molecule has 0 saturated carbocycles. The van der Waals surface area contributed by atoms with Crippen LogP contribution in [0.3, 0.4) is 0 Å². The van der Waals surface area contributed by atoms with Crippen molar-refractivity contribution >= 4 is 37.6 Å². The van der Waals surface area contributed by atoms with Crippen molar-refractivity contribution in [2.24, 2.45) is 0 Å². The van der Waals surface area contributed by atoms with Gasteiger partial charge in [0.15, 0.2) is 5.78 Å². The molecule has 3 nitrogen and oxygen atoms in total. The van der Waals surface area contributed by atoms with E-state index in [2.05, 4.69) is 37.0 Å². The Balaban J connectivity index is 2.29. The first-order chi connectivity index (χ1) is 7.70. The van der Waals surface area contributed by atoms with Gasteiger partial charge in [-0.3, -0.25) is 4.79 Å². The maximum absolute atomic E-state index is 11.4. The molecule has 0 aliphatic rings. The summed E-state index contributed by atoms with van der Waals surface area (Å²) in [6, 6.07) is 7.34. The molecule has 0 saturated heterocycles. The number of nitrogens with zero attached hydrogens (tertiary/aromatic N) is 2. The Morgan fingerprint density at radius 3 is 2.50 bits per heavy atom. The molecule has 0 N–H and O–H groups in total. The fourth-order valence-corrected chi connectivity index (χ4v) is 1.93. The van der Waals surface area contributed by atoms with E-state index in [0.29, 0.717) is 10.9 Å². The average molecular weight is 344 g/mol. The highest BCUT2D eigenvalue weighted by atomic mass is 79.9. The van der Waals surface area contributed by atoms with Crippen LogP contribution in [0.1, 0.15) is 10.4 Å². The van der Waals surface area contributed by atoms with Crippen molar-refractivity contribution in [3.63, 3.8) is 0 Å². The summed E-state index contributed by atoms with van der Waals surface area (Å²) < 4.78 is 2.67. The molecular formula is C11H8Br2N2O. The highest BCUT2D eigenvalue weighted by Crippen LogP contribution is 2.13. The third kappa shape index (κ3) is 2.41. The van der Waals surface area contributed by atoms with Gasteiger partial charge < -0.3 is 0 Å². The van der Waals surface area contributed by atoms with Crippen molar-refractivity contribution in [3.05, 3.63) is 46.7 Å². The number of hydrogen-bond acceptors (Lipinski definition) is 2. The van der Waals surface area contributed by atoms with Crippen molar-refractivity contribution in [1.29, 1.82) is 0 Å². The maximum Gasteiger partial charge on any atom is 0.173 e. The van der Waals surface area contributed by atoms with Crippen LogP contribution in [0, 0.1) is 0 Å². The van der Waals surface area contributed by atoms with Crippen LogP contribution >= 0.6 is 31.9 Å². The van der Waals surface area contributed by atoms with Gasteiger partial charge in [-0.15, -0.1) is 0 Å². The van der Waals surface area contributed by atoms with Crippen LogP contribution in [0.25, 0.3) is 5.69 Å². The molecule has 1 aromatic heterocycles. The van der Waals surface area contributed by atoms with Crippen LogP contribution in [0.4, 0.5) is 0 Å². The van der Waals surface area contributed by atoms with Gasteiger partial charge >= 0.3 is 0 Å². The number of Topliss-reactive ketones (excluding diaryl/α,β-unsaturated/α-hetero) is 1. The van der Waals surface area contributed by atoms with Crippen molar-refractivity contribution < 1.29 is 4.79 Å². The minimum atomic E-state index is 0.0770. The molecule has 0 spiro atoms. The lowest BCUT2D eigenvalue weighted by Crippen LogP contribution is -2.00. The summed E-state index contributed by atoms with van der Waals surface area (Å²) in [4.78, 5) is 11.4. The van der Waals surface area contributed by atoms with E-state index in [9.17, 15) is 4.79 Å². The van der Waals surface area contributed by atoms with E-state index in [1.807, 2.05) is 18.3 Å². The smallest absolute Gasteiger partial charge is 0.173 e. The molecule has 0 unspecified atom stereocenters. The summed E-state index contributed by atoms with van der Waals surface area (Å²) in [5, 5.41) is 4.50. The summed E-state index contributed by atoms with van der Waals surface area (Å²) in [6.07, 6.45) is 3.58. The van der Waals surface area contributed by atoms with Gasteiger partial charge in [-0.2, -0.15) is 5.10 Å². The van der Waals surface area contributed by atoms with Crippen LogP contribution in [0.15, 0.2) is 41.1 Å². The molecule has 5 heteroatoms. The first-order valence-corrected chi connectivity index (χ1v) is 6.52. The summed E-state index contributed by atoms with van der Waals surface area (Å²) in [7, 11) is 0. The third-order valence-corrected chi connectivity index (χ3v) is 3.05. The fraction of sp³-hybridized carbons (Fsp3) is 0.0909. The van der Waals surface area contributed by atoms with Crippen molar-refractivity contribution in [3.8, 4) is 5.69 Å². The lowest BCUT2D eigenvalue weighted by atomic mass is 10.1. The number of aromatic nitrogens is 2. The minimum Gasteiger partial charge on any atom is -0.293 e. The van der Waals surface area contributed by atoms with Gasteiger partial charge in [-0.05, 0) is 40.2 Å². The molecule has 16 heavy (non-hydrogen) atoms. The number of rotatable bonds is 3. The van der Waals surface area contributed by atoms with Crippen LogP contribution in [-0.2, 0) is 0 Å². The zero-order valence-electron chi connectivity index (χ0n) is 8.23. The normalized spacial score (nSPS) is 10.4. The molecule has 0 atom stereocenters. The van der Waals surface area contributed by atoms with Crippen LogP contribution < -0.4 is 0 Å². The Morgan fingerprint density at radius 1 is 1.31 bits per heavy atom. The highest BCUT2D eigenvalue weighted by Gasteiger charge is 2.04. The Morgan fingerprint density at radius 2 is 2.00 bits per heavy atom. The molecular weight excluding hydrogens is 336 g/mol. The van der Waals surface area contributed by atoms with Gasteiger partial charge in [0.25, 0.3) is 0 Å². The number of halogens is 2. The Kier molecular flexibility index (Phi) is 3.56. The van der Waals surface area contributed by atoms with E-state index in [-0.39, 0.29) is 5.78 Å². The predicted octanol–water partition coefficient (Wildman–Crippen LogP) is 3.21.